The second kappa shape index (κ2) is 9.84. The van der Waals surface area contributed by atoms with E-state index in [0.717, 1.165) is 27.6 Å². The van der Waals surface area contributed by atoms with Crippen molar-refractivity contribution >= 4 is 21.8 Å². The van der Waals surface area contributed by atoms with Crippen LogP contribution in [0.1, 0.15) is 24.8 Å². The second-order valence-corrected chi connectivity index (χ2v) is 9.31. The predicted octanol–water partition coefficient (Wildman–Crippen LogP) is 4.26. The van der Waals surface area contributed by atoms with E-state index in [9.17, 15) is 14.7 Å². The van der Waals surface area contributed by atoms with Gasteiger partial charge in [-0.2, -0.15) is 0 Å². The molecule has 5 nitrogen and oxygen atoms in total. The number of carbonyl (C=O) groups excluding carboxylic acids is 1. The van der Waals surface area contributed by atoms with Crippen LogP contribution in [0.15, 0.2) is 82.2 Å². The van der Waals surface area contributed by atoms with Crippen LogP contribution in [-0.2, 0) is 17.8 Å². The number of hydrogen-bond donors (Lipinski definition) is 1. The lowest BCUT2D eigenvalue weighted by Crippen LogP contribution is -2.49. The Morgan fingerprint density at radius 1 is 1.00 bits per heavy atom. The molecule has 0 bridgehead atoms. The molecule has 3 aromatic rings. The minimum absolute atomic E-state index is 0.114. The van der Waals surface area contributed by atoms with E-state index in [2.05, 4.69) is 15.9 Å². The maximum absolute atomic E-state index is 12.7. The van der Waals surface area contributed by atoms with Gasteiger partial charge in [0, 0.05) is 41.8 Å². The molecule has 1 aromatic heterocycles. The topological polar surface area (TPSA) is 62.5 Å². The van der Waals surface area contributed by atoms with Gasteiger partial charge in [0.05, 0.1) is 12.1 Å². The highest BCUT2D eigenvalue weighted by Crippen LogP contribution is 2.28. The van der Waals surface area contributed by atoms with Crippen LogP contribution >= 0.6 is 15.9 Å². The summed E-state index contributed by atoms with van der Waals surface area (Å²) in [6, 6.07) is 21.3. The molecule has 1 aliphatic rings. The van der Waals surface area contributed by atoms with Gasteiger partial charge in [-0.25, -0.2) is 0 Å². The minimum atomic E-state index is -1.01. The van der Waals surface area contributed by atoms with Crippen molar-refractivity contribution in [3.63, 3.8) is 0 Å². The summed E-state index contributed by atoms with van der Waals surface area (Å²) in [5.41, 5.74) is 1.79. The van der Waals surface area contributed by atoms with Crippen LogP contribution in [0.3, 0.4) is 0 Å². The SMILES string of the molecule is O=C(CCc1ccccc1)N1CCC(O)(Cn2cc(Br)c(-c3ccccc3)cc2=O)CC1. The Hall–Kier alpha value is -2.70. The predicted molar refractivity (Wildman–Crippen MR) is 129 cm³/mol. The van der Waals surface area contributed by atoms with Crippen molar-refractivity contribution in [1.29, 1.82) is 0 Å². The quantitative estimate of drug-likeness (QED) is 0.556. The van der Waals surface area contributed by atoms with Gasteiger partial charge in [0.25, 0.3) is 5.56 Å². The molecule has 0 radical (unpaired) electrons. The lowest BCUT2D eigenvalue weighted by atomic mass is 9.91. The van der Waals surface area contributed by atoms with E-state index in [0.29, 0.717) is 32.4 Å². The van der Waals surface area contributed by atoms with Crippen molar-refractivity contribution in [3.05, 3.63) is 93.3 Å². The summed E-state index contributed by atoms with van der Waals surface area (Å²) >= 11 is 3.57. The number of aromatic nitrogens is 1. The molecule has 166 valence electrons. The number of hydrogen-bond acceptors (Lipinski definition) is 3. The number of benzene rings is 2. The first-order valence-corrected chi connectivity index (χ1v) is 11.7. The van der Waals surface area contributed by atoms with E-state index in [-0.39, 0.29) is 18.0 Å². The standard InChI is InChI=1S/C26H27BrN2O3/c27-23-18-29(25(31)17-22(23)21-9-5-2-6-10-21)19-26(32)13-15-28(16-14-26)24(30)12-11-20-7-3-1-4-8-20/h1-10,17-18,32H,11-16,19H2. The van der Waals surface area contributed by atoms with E-state index < -0.39 is 5.60 Å². The van der Waals surface area contributed by atoms with E-state index in [4.69, 9.17) is 0 Å². The van der Waals surface area contributed by atoms with Gasteiger partial charge >= 0.3 is 0 Å². The minimum Gasteiger partial charge on any atom is -0.388 e. The summed E-state index contributed by atoms with van der Waals surface area (Å²) in [6.07, 6.45) is 3.84. The van der Waals surface area contributed by atoms with E-state index in [1.165, 1.54) is 0 Å². The molecular formula is C26H27BrN2O3. The van der Waals surface area contributed by atoms with Crippen molar-refractivity contribution in [2.45, 2.75) is 37.8 Å². The van der Waals surface area contributed by atoms with Gasteiger partial charge in [-0.15, -0.1) is 0 Å². The molecule has 2 aromatic carbocycles. The molecule has 1 amide bonds. The van der Waals surface area contributed by atoms with Crippen molar-refractivity contribution in [1.82, 2.24) is 9.47 Å². The van der Waals surface area contributed by atoms with Crippen molar-refractivity contribution in [3.8, 4) is 11.1 Å². The van der Waals surface area contributed by atoms with Crippen LogP contribution in [0.4, 0.5) is 0 Å². The van der Waals surface area contributed by atoms with Gasteiger partial charge in [-0.1, -0.05) is 60.7 Å². The highest BCUT2D eigenvalue weighted by Gasteiger charge is 2.34. The zero-order chi connectivity index (χ0) is 22.6. The number of amides is 1. The molecule has 6 heteroatoms. The number of aliphatic hydroxyl groups is 1. The summed E-state index contributed by atoms with van der Waals surface area (Å²) in [7, 11) is 0. The monoisotopic (exact) mass is 494 g/mol. The summed E-state index contributed by atoms with van der Waals surface area (Å²) in [6.45, 7) is 1.22. The van der Waals surface area contributed by atoms with Crippen molar-refractivity contribution in [2.24, 2.45) is 0 Å². The Morgan fingerprint density at radius 2 is 1.62 bits per heavy atom. The number of aryl methyl sites for hydroxylation is 1. The van der Waals surface area contributed by atoms with E-state index in [1.54, 1.807) is 16.8 Å². The fourth-order valence-corrected chi connectivity index (χ4v) is 4.80. The maximum Gasteiger partial charge on any atom is 0.251 e. The Bertz CT molecular complexity index is 1120. The van der Waals surface area contributed by atoms with Gasteiger partial charge in [0.1, 0.15) is 0 Å². The first-order chi connectivity index (χ1) is 15.4. The molecule has 1 fully saturated rings. The number of halogens is 1. The highest BCUT2D eigenvalue weighted by atomic mass is 79.9. The summed E-state index contributed by atoms with van der Waals surface area (Å²) in [5.74, 6) is 0.114. The van der Waals surface area contributed by atoms with Crippen molar-refractivity contribution in [2.75, 3.05) is 13.1 Å². The van der Waals surface area contributed by atoms with Crippen LogP contribution in [0.25, 0.3) is 11.1 Å². The van der Waals surface area contributed by atoms with Crippen LogP contribution in [0.5, 0.6) is 0 Å². The van der Waals surface area contributed by atoms with Gasteiger partial charge in [-0.05, 0) is 46.3 Å². The number of carbonyl (C=O) groups is 1. The fraction of sp³-hybridized carbons (Fsp3) is 0.308. The molecule has 2 heterocycles. The first kappa shape index (κ1) is 22.5. The van der Waals surface area contributed by atoms with Gasteiger partial charge in [-0.3, -0.25) is 9.59 Å². The third kappa shape index (κ3) is 5.37. The van der Waals surface area contributed by atoms with Crippen LogP contribution in [-0.4, -0.2) is 39.2 Å². The lowest BCUT2D eigenvalue weighted by Gasteiger charge is -2.38. The number of pyridine rings is 1. The third-order valence-electron chi connectivity index (χ3n) is 6.14. The zero-order valence-corrected chi connectivity index (χ0v) is 19.5. The zero-order valence-electron chi connectivity index (χ0n) is 17.9. The molecule has 1 aliphatic heterocycles. The lowest BCUT2D eigenvalue weighted by molar-refractivity contribution is -0.135. The van der Waals surface area contributed by atoms with Gasteiger partial charge in [0.2, 0.25) is 5.91 Å². The van der Waals surface area contributed by atoms with E-state index in [1.807, 2.05) is 65.6 Å². The Labute approximate surface area is 196 Å². The van der Waals surface area contributed by atoms with Crippen LogP contribution in [0, 0.1) is 0 Å². The number of rotatable bonds is 6. The van der Waals surface area contributed by atoms with Crippen molar-refractivity contribution < 1.29 is 9.90 Å². The first-order valence-electron chi connectivity index (χ1n) is 10.9. The number of nitrogens with zero attached hydrogens (tertiary/aromatic N) is 2. The molecule has 0 unspecified atom stereocenters. The highest BCUT2D eigenvalue weighted by molar-refractivity contribution is 9.10. The summed E-state index contributed by atoms with van der Waals surface area (Å²) in [5, 5.41) is 11.1. The smallest absolute Gasteiger partial charge is 0.251 e. The molecule has 0 saturated carbocycles. The fourth-order valence-electron chi connectivity index (χ4n) is 4.21. The molecule has 0 atom stereocenters. The average molecular weight is 495 g/mol. The van der Waals surface area contributed by atoms with Gasteiger partial charge < -0.3 is 14.6 Å². The average Bonchev–Trinajstić information content (AvgIpc) is 2.81. The Balaban J connectivity index is 1.37. The van der Waals surface area contributed by atoms with Gasteiger partial charge in [0.15, 0.2) is 0 Å². The summed E-state index contributed by atoms with van der Waals surface area (Å²) < 4.78 is 2.36. The largest absolute Gasteiger partial charge is 0.388 e. The third-order valence-corrected chi connectivity index (χ3v) is 6.78. The Morgan fingerprint density at radius 3 is 2.28 bits per heavy atom. The molecule has 32 heavy (non-hydrogen) atoms. The molecule has 1 N–H and O–H groups in total. The molecule has 0 aliphatic carbocycles. The molecule has 4 rings (SSSR count). The second-order valence-electron chi connectivity index (χ2n) is 8.46. The molecule has 1 saturated heterocycles. The number of likely N-dealkylation sites (tertiary alicyclic amines) is 1. The maximum atomic E-state index is 12.7. The number of piperidine rings is 1. The Kier molecular flexibility index (Phi) is 6.92. The van der Waals surface area contributed by atoms with Crippen LogP contribution in [0.2, 0.25) is 0 Å². The normalized spacial score (nSPS) is 15.5. The molecular weight excluding hydrogens is 468 g/mol. The summed E-state index contributed by atoms with van der Waals surface area (Å²) in [4.78, 5) is 27.2. The molecule has 0 spiro atoms. The van der Waals surface area contributed by atoms with Crippen LogP contribution < -0.4 is 5.56 Å². The van der Waals surface area contributed by atoms with E-state index >= 15 is 0 Å².